The number of aliphatic imine (C=N–C) groups is 1. The van der Waals surface area contributed by atoms with Gasteiger partial charge in [0.25, 0.3) is 5.91 Å². The molecule has 0 saturated carbocycles. The van der Waals surface area contributed by atoms with Gasteiger partial charge >= 0.3 is 0 Å². The third-order valence-corrected chi connectivity index (χ3v) is 3.24. The summed E-state index contributed by atoms with van der Waals surface area (Å²) in [5.41, 5.74) is -1.20. The third-order valence-electron chi connectivity index (χ3n) is 3.24. The van der Waals surface area contributed by atoms with Crippen LogP contribution in [-0.2, 0) is 4.79 Å². The predicted molar refractivity (Wildman–Crippen MR) is 85.0 cm³/mol. The molecule has 0 aromatic heterocycles. The van der Waals surface area contributed by atoms with E-state index < -0.39 is 11.6 Å². The van der Waals surface area contributed by atoms with E-state index in [-0.39, 0.29) is 13.0 Å². The molecule has 0 heterocycles. The van der Waals surface area contributed by atoms with Gasteiger partial charge in [-0.2, -0.15) is 0 Å². The maximum Gasteiger partial charge on any atom is 0.270 e. The van der Waals surface area contributed by atoms with Gasteiger partial charge in [-0.25, -0.2) is 4.39 Å². The number of halogens is 1. The van der Waals surface area contributed by atoms with Gasteiger partial charge < -0.3 is 5.32 Å². The van der Waals surface area contributed by atoms with E-state index in [0.29, 0.717) is 12.8 Å². The summed E-state index contributed by atoms with van der Waals surface area (Å²) in [5, 5.41) is 2.64. The van der Waals surface area contributed by atoms with Crippen molar-refractivity contribution >= 4 is 12.1 Å². The highest BCUT2D eigenvalue weighted by atomic mass is 19.1. The highest BCUT2D eigenvalue weighted by Crippen LogP contribution is 2.22. The Morgan fingerprint density at radius 1 is 1.43 bits per heavy atom. The average molecular weight is 290 g/mol. The lowest BCUT2D eigenvalue weighted by molar-refractivity contribution is -0.129. The number of alkyl halides is 1. The number of allylic oxidation sites excluding steroid dienone is 2. The molecule has 1 N–H and O–H groups in total. The first-order valence-corrected chi connectivity index (χ1v) is 7.33. The maximum atomic E-state index is 14.6. The van der Waals surface area contributed by atoms with Crippen LogP contribution in [0.15, 0.2) is 28.8 Å². The van der Waals surface area contributed by atoms with Gasteiger partial charge in [0.1, 0.15) is 0 Å². The molecule has 1 rings (SSSR count). The Morgan fingerprint density at radius 3 is 2.95 bits per heavy atom. The third kappa shape index (κ3) is 5.95. The van der Waals surface area contributed by atoms with Crippen LogP contribution in [0.2, 0.25) is 0 Å². The van der Waals surface area contributed by atoms with Crippen LogP contribution >= 0.6 is 0 Å². The summed E-state index contributed by atoms with van der Waals surface area (Å²) in [6.07, 6.45) is 10.6. The van der Waals surface area contributed by atoms with Crippen molar-refractivity contribution in [3.05, 3.63) is 23.8 Å². The minimum atomic E-state index is -2.06. The van der Waals surface area contributed by atoms with Crippen LogP contribution in [0.5, 0.6) is 0 Å². The number of carbonyl (C=O) groups is 1. The largest absolute Gasteiger partial charge is 0.348 e. The zero-order chi connectivity index (χ0) is 15.6. The van der Waals surface area contributed by atoms with Crippen molar-refractivity contribution in [2.45, 2.75) is 44.7 Å². The first-order valence-electron chi connectivity index (χ1n) is 7.33. The Kier molecular flexibility index (Phi) is 7.45. The smallest absolute Gasteiger partial charge is 0.270 e. The Labute approximate surface area is 126 Å². The van der Waals surface area contributed by atoms with E-state index in [1.54, 1.807) is 19.3 Å². The molecule has 3 nitrogen and oxygen atoms in total. The van der Waals surface area contributed by atoms with Gasteiger partial charge in [-0.05, 0) is 31.4 Å². The van der Waals surface area contributed by atoms with E-state index in [0.717, 1.165) is 18.4 Å². The molecule has 0 aromatic carbocycles. The van der Waals surface area contributed by atoms with Crippen molar-refractivity contribution in [2.24, 2.45) is 4.99 Å². The lowest BCUT2D eigenvalue weighted by atomic mass is 9.94. The SMILES string of the molecule is C/C=C\C(=C/C=NC)CNC(=O)C1(F)C#CCCCCC1. The Hall–Kier alpha value is -1.89. The van der Waals surface area contributed by atoms with Crippen LogP contribution in [0.4, 0.5) is 4.39 Å². The number of hydrogen-bond donors (Lipinski definition) is 1. The van der Waals surface area contributed by atoms with Gasteiger partial charge in [0, 0.05) is 32.6 Å². The van der Waals surface area contributed by atoms with Gasteiger partial charge in [0.05, 0.1) is 0 Å². The molecule has 0 bridgehead atoms. The monoisotopic (exact) mass is 290 g/mol. The summed E-state index contributed by atoms with van der Waals surface area (Å²) in [6, 6.07) is 0. The molecule has 0 aromatic rings. The Balaban J connectivity index is 2.70. The second-order valence-corrected chi connectivity index (χ2v) is 5.00. The van der Waals surface area contributed by atoms with Crippen LogP contribution in [0, 0.1) is 11.8 Å². The molecule has 114 valence electrons. The van der Waals surface area contributed by atoms with Gasteiger partial charge in [0.15, 0.2) is 0 Å². The molecule has 0 fully saturated rings. The minimum absolute atomic E-state index is 0.172. The second kappa shape index (κ2) is 9.12. The summed E-state index contributed by atoms with van der Waals surface area (Å²) >= 11 is 0. The van der Waals surface area contributed by atoms with E-state index in [1.807, 2.05) is 19.1 Å². The Bertz CT molecular complexity index is 497. The van der Waals surface area contributed by atoms with Crippen LogP contribution in [0.3, 0.4) is 0 Å². The van der Waals surface area contributed by atoms with Gasteiger partial charge in [-0.1, -0.05) is 30.4 Å². The van der Waals surface area contributed by atoms with Crippen molar-refractivity contribution in [3.8, 4) is 11.8 Å². The van der Waals surface area contributed by atoms with Crippen LogP contribution in [-0.4, -0.2) is 31.4 Å². The second-order valence-electron chi connectivity index (χ2n) is 5.00. The fraction of sp³-hybridized carbons (Fsp3) is 0.529. The highest BCUT2D eigenvalue weighted by Gasteiger charge is 2.36. The summed E-state index contributed by atoms with van der Waals surface area (Å²) in [5.74, 6) is 4.64. The van der Waals surface area contributed by atoms with Crippen molar-refractivity contribution in [3.63, 3.8) is 0 Å². The van der Waals surface area contributed by atoms with Crippen LogP contribution in [0.1, 0.15) is 39.0 Å². The van der Waals surface area contributed by atoms with E-state index in [9.17, 15) is 9.18 Å². The fourth-order valence-corrected chi connectivity index (χ4v) is 2.07. The number of nitrogens with zero attached hydrogens (tertiary/aromatic N) is 1. The molecular formula is C17H23FN2O. The average Bonchev–Trinajstić information content (AvgIpc) is 2.45. The first kappa shape index (κ1) is 17.2. The molecule has 0 radical (unpaired) electrons. The van der Waals surface area contributed by atoms with E-state index in [4.69, 9.17) is 0 Å². The van der Waals surface area contributed by atoms with Crippen molar-refractivity contribution in [2.75, 3.05) is 13.6 Å². The molecule has 1 aliphatic rings. The molecule has 0 saturated heterocycles. The number of hydrogen-bond acceptors (Lipinski definition) is 2. The van der Waals surface area contributed by atoms with Crippen molar-refractivity contribution in [1.29, 1.82) is 0 Å². The number of carbonyl (C=O) groups excluding carboxylic acids is 1. The molecule has 1 amide bonds. The summed E-state index contributed by atoms with van der Waals surface area (Å²) in [4.78, 5) is 16.0. The van der Waals surface area contributed by atoms with Gasteiger partial charge in [-0.3, -0.25) is 9.79 Å². The van der Waals surface area contributed by atoms with Crippen LogP contribution in [0.25, 0.3) is 0 Å². The molecule has 21 heavy (non-hydrogen) atoms. The quantitative estimate of drug-likeness (QED) is 0.472. The number of nitrogens with one attached hydrogen (secondary N) is 1. The first-order chi connectivity index (χ1) is 10.1. The summed E-state index contributed by atoms with van der Waals surface area (Å²) < 4.78 is 14.6. The zero-order valence-corrected chi connectivity index (χ0v) is 12.8. The zero-order valence-electron chi connectivity index (χ0n) is 12.8. The van der Waals surface area contributed by atoms with Gasteiger partial charge in [-0.15, -0.1) is 0 Å². The van der Waals surface area contributed by atoms with E-state index in [1.165, 1.54) is 0 Å². The molecule has 1 aliphatic carbocycles. The highest BCUT2D eigenvalue weighted by molar-refractivity contribution is 5.89. The fourth-order valence-electron chi connectivity index (χ4n) is 2.07. The predicted octanol–water partition coefficient (Wildman–Crippen LogP) is 2.98. The lowest BCUT2D eigenvalue weighted by Gasteiger charge is -2.20. The molecule has 4 heteroatoms. The van der Waals surface area contributed by atoms with Crippen molar-refractivity contribution in [1.82, 2.24) is 5.32 Å². The summed E-state index contributed by atoms with van der Waals surface area (Å²) in [7, 11) is 1.67. The van der Waals surface area contributed by atoms with Gasteiger partial charge in [0.2, 0.25) is 5.67 Å². The number of amides is 1. The molecule has 0 spiro atoms. The molecule has 1 unspecified atom stereocenters. The van der Waals surface area contributed by atoms with E-state index >= 15 is 0 Å². The normalized spacial score (nSPS) is 23.5. The van der Waals surface area contributed by atoms with E-state index in [2.05, 4.69) is 22.2 Å². The van der Waals surface area contributed by atoms with Crippen LogP contribution < -0.4 is 5.32 Å². The summed E-state index contributed by atoms with van der Waals surface area (Å²) in [6.45, 7) is 2.15. The lowest BCUT2D eigenvalue weighted by Crippen LogP contribution is -2.43. The standard InChI is InChI=1S/C17H23FN2O/c1-3-9-15(10-13-19-2)14-20-16(21)17(18)11-7-5-4-6-8-12-17/h3,9-10,13H,4-7,11,14H2,1-2H3,(H,20,21)/b9-3-,15-10+,19-13?. The van der Waals surface area contributed by atoms with Crippen molar-refractivity contribution < 1.29 is 9.18 Å². The molecule has 1 atom stereocenters. The number of rotatable bonds is 5. The molecule has 0 aliphatic heterocycles. The minimum Gasteiger partial charge on any atom is -0.348 e. The molecular weight excluding hydrogens is 267 g/mol. The topological polar surface area (TPSA) is 41.5 Å². The maximum absolute atomic E-state index is 14.6. The Morgan fingerprint density at radius 2 is 2.24 bits per heavy atom.